The van der Waals surface area contributed by atoms with E-state index in [0.29, 0.717) is 6.07 Å². The van der Waals surface area contributed by atoms with Crippen molar-refractivity contribution < 1.29 is 31.6 Å². The monoisotopic (exact) mass is 330 g/mol. The topological polar surface area (TPSA) is 129 Å². The van der Waals surface area contributed by atoms with Crippen LogP contribution in [0.4, 0.5) is 0 Å². The SMILES string of the molecule is O=S(=O)(O)c1ccc(O)c(S(=O)(=O)c2ccc(O)cc2)c1. The zero-order valence-corrected chi connectivity index (χ0v) is 12.0. The quantitative estimate of drug-likeness (QED) is 0.720. The van der Waals surface area contributed by atoms with E-state index >= 15 is 0 Å². The van der Waals surface area contributed by atoms with Crippen LogP contribution in [0.5, 0.6) is 11.5 Å². The second-order valence-electron chi connectivity index (χ2n) is 4.10. The van der Waals surface area contributed by atoms with Gasteiger partial charge in [0.15, 0.2) is 0 Å². The van der Waals surface area contributed by atoms with Gasteiger partial charge in [-0.15, -0.1) is 0 Å². The van der Waals surface area contributed by atoms with E-state index in [9.17, 15) is 21.9 Å². The highest BCUT2D eigenvalue weighted by molar-refractivity contribution is 7.91. The first-order valence-corrected chi connectivity index (χ1v) is 8.39. The van der Waals surface area contributed by atoms with Crippen LogP contribution in [0.3, 0.4) is 0 Å². The molecule has 3 N–H and O–H groups in total. The van der Waals surface area contributed by atoms with E-state index in [2.05, 4.69) is 0 Å². The summed E-state index contributed by atoms with van der Waals surface area (Å²) in [5.41, 5.74) is 0. The molecule has 9 heteroatoms. The predicted octanol–water partition coefficient (Wildman–Crippen LogP) is 1.18. The van der Waals surface area contributed by atoms with Crippen molar-refractivity contribution >= 4 is 20.0 Å². The van der Waals surface area contributed by atoms with Crippen LogP contribution in [-0.2, 0) is 20.0 Å². The van der Waals surface area contributed by atoms with Crippen molar-refractivity contribution in [1.29, 1.82) is 0 Å². The fourth-order valence-electron chi connectivity index (χ4n) is 1.62. The molecular formula is C12H10O7S2. The predicted molar refractivity (Wildman–Crippen MR) is 71.5 cm³/mol. The van der Waals surface area contributed by atoms with Crippen LogP contribution in [0.15, 0.2) is 57.2 Å². The van der Waals surface area contributed by atoms with Gasteiger partial charge in [-0.1, -0.05) is 0 Å². The summed E-state index contributed by atoms with van der Waals surface area (Å²) in [6, 6.07) is 6.87. The molecule has 112 valence electrons. The molecule has 0 bridgehead atoms. The zero-order valence-electron chi connectivity index (χ0n) is 10.3. The van der Waals surface area contributed by atoms with Crippen LogP contribution in [0.2, 0.25) is 0 Å². The third-order valence-electron chi connectivity index (χ3n) is 2.67. The molecule has 0 saturated heterocycles. The van der Waals surface area contributed by atoms with Crippen molar-refractivity contribution in [3.63, 3.8) is 0 Å². The molecule has 0 amide bonds. The van der Waals surface area contributed by atoms with E-state index in [1.54, 1.807) is 0 Å². The van der Waals surface area contributed by atoms with Crippen LogP contribution in [0.25, 0.3) is 0 Å². The lowest BCUT2D eigenvalue weighted by molar-refractivity contribution is 0.456. The molecule has 0 atom stereocenters. The smallest absolute Gasteiger partial charge is 0.294 e. The lowest BCUT2D eigenvalue weighted by Crippen LogP contribution is -2.05. The van der Waals surface area contributed by atoms with Crippen LogP contribution in [0.1, 0.15) is 0 Å². The first-order chi connectivity index (χ1) is 9.62. The number of hydrogen-bond donors (Lipinski definition) is 3. The molecule has 7 nitrogen and oxygen atoms in total. The molecule has 0 aromatic heterocycles. The molecule has 0 spiro atoms. The van der Waals surface area contributed by atoms with Crippen molar-refractivity contribution in [2.75, 3.05) is 0 Å². The van der Waals surface area contributed by atoms with Crippen LogP contribution in [0, 0.1) is 0 Å². The number of hydrogen-bond acceptors (Lipinski definition) is 6. The number of sulfone groups is 1. The standard InChI is InChI=1S/C12H10O7S2/c13-8-1-3-9(4-2-8)20(15,16)12-7-10(21(17,18)19)5-6-11(12)14/h1-7,13-14H,(H,17,18,19). The maximum atomic E-state index is 12.3. The largest absolute Gasteiger partial charge is 0.508 e. The van der Waals surface area contributed by atoms with Gasteiger partial charge < -0.3 is 10.2 Å². The zero-order chi connectivity index (χ0) is 15.8. The van der Waals surface area contributed by atoms with Crippen molar-refractivity contribution in [3.05, 3.63) is 42.5 Å². The summed E-state index contributed by atoms with van der Waals surface area (Å²) in [5.74, 6) is -0.805. The average molecular weight is 330 g/mol. The van der Waals surface area contributed by atoms with E-state index in [1.165, 1.54) is 0 Å². The Kier molecular flexibility index (Phi) is 3.66. The van der Waals surface area contributed by atoms with E-state index in [-0.39, 0.29) is 10.6 Å². The maximum Gasteiger partial charge on any atom is 0.294 e. The molecule has 0 aliphatic rings. The Balaban J connectivity index is 2.67. The molecule has 0 radical (unpaired) electrons. The fraction of sp³-hybridized carbons (Fsp3) is 0. The Bertz CT molecular complexity index is 882. The Labute approximate surface area is 120 Å². The molecule has 0 heterocycles. The van der Waals surface area contributed by atoms with Gasteiger partial charge in [0, 0.05) is 0 Å². The summed E-state index contributed by atoms with van der Waals surface area (Å²) in [7, 11) is -8.81. The third kappa shape index (κ3) is 2.99. The highest BCUT2D eigenvalue weighted by Crippen LogP contribution is 2.31. The lowest BCUT2D eigenvalue weighted by Gasteiger charge is -2.08. The third-order valence-corrected chi connectivity index (χ3v) is 5.31. The summed E-state index contributed by atoms with van der Waals surface area (Å²) in [5, 5.41) is 18.8. The normalized spacial score (nSPS) is 12.2. The summed E-state index contributed by atoms with van der Waals surface area (Å²) in [6.07, 6.45) is 0. The van der Waals surface area contributed by atoms with E-state index in [1.807, 2.05) is 0 Å². The number of rotatable bonds is 3. The molecule has 2 aromatic carbocycles. The first-order valence-electron chi connectivity index (χ1n) is 5.47. The first kappa shape index (κ1) is 15.3. The van der Waals surface area contributed by atoms with Gasteiger partial charge in [0.2, 0.25) is 9.84 Å². The average Bonchev–Trinajstić information content (AvgIpc) is 2.38. The van der Waals surface area contributed by atoms with Crippen molar-refractivity contribution in [1.82, 2.24) is 0 Å². The summed E-state index contributed by atoms with van der Waals surface area (Å²) in [4.78, 5) is -1.57. The van der Waals surface area contributed by atoms with Gasteiger partial charge in [0.25, 0.3) is 10.1 Å². The Hall–Kier alpha value is -2.10. The van der Waals surface area contributed by atoms with Crippen LogP contribution in [-0.4, -0.2) is 31.6 Å². The van der Waals surface area contributed by atoms with Crippen molar-refractivity contribution in [2.45, 2.75) is 14.7 Å². The molecule has 2 rings (SSSR count). The maximum absolute atomic E-state index is 12.3. The molecule has 2 aromatic rings. The minimum absolute atomic E-state index is 0.148. The van der Waals surface area contributed by atoms with Gasteiger partial charge in [-0.3, -0.25) is 4.55 Å². The highest BCUT2D eigenvalue weighted by Gasteiger charge is 2.24. The Morgan fingerprint density at radius 1 is 0.762 bits per heavy atom. The molecule has 21 heavy (non-hydrogen) atoms. The summed E-state index contributed by atoms with van der Waals surface area (Å²) in [6.45, 7) is 0. The van der Waals surface area contributed by atoms with E-state index in [4.69, 9.17) is 9.66 Å². The van der Waals surface area contributed by atoms with E-state index in [0.717, 1.165) is 36.4 Å². The second kappa shape index (κ2) is 5.02. The summed E-state index contributed by atoms with van der Waals surface area (Å²) < 4.78 is 55.7. The van der Waals surface area contributed by atoms with Crippen molar-refractivity contribution in [2.24, 2.45) is 0 Å². The minimum Gasteiger partial charge on any atom is -0.508 e. The number of phenolic OH excluding ortho intramolecular Hbond substituents is 2. The molecule has 0 aliphatic carbocycles. The Morgan fingerprint density at radius 2 is 1.29 bits per heavy atom. The van der Waals surface area contributed by atoms with Gasteiger partial charge in [0.05, 0.1) is 9.79 Å². The minimum atomic E-state index is -4.61. The van der Waals surface area contributed by atoms with Crippen LogP contribution >= 0.6 is 0 Å². The van der Waals surface area contributed by atoms with Crippen LogP contribution < -0.4 is 0 Å². The number of benzene rings is 2. The Morgan fingerprint density at radius 3 is 1.81 bits per heavy atom. The molecule has 0 unspecified atom stereocenters. The van der Waals surface area contributed by atoms with Gasteiger partial charge in [-0.2, -0.15) is 8.42 Å². The molecular weight excluding hydrogens is 320 g/mol. The van der Waals surface area contributed by atoms with Gasteiger partial charge in [-0.05, 0) is 42.5 Å². The number of aromatic hydroxyl groups is 2. The fourth-order valence-corrected chi connectivity index (χ4v) is 3.58. The molecule has 0 saturated carbocycles. The lowest BCUT2D eigenvalue weighted by atomic mass is 10.3. The van der Waals surface area contributed by atoms with Crippen molar-refractivity contribution in [3.8, 4) is 11.5 Å². The summed E-state index contributed by atoms with van der Waals surface area (Å²) >= 11 is 0. The molecule has 0 aliphatic heterocycles. The molecule has 0 fully saturated rings. The van der Waals surface area contributed by atoms with Gasteiger partial charge in [0.1, 0.15) is 16.4 Å². The number of phenols is 2. The van der Waals surface area contributed by atoms with E-state index < -0.39 is 35.5 Å². The van der Waals surface area contributed by atoms with Gasteiger partial charge in [-0.25, -0.2) is 8.42 Å². The second-order valence-corrected chi connectivity index (χ2v) is 7.44. The highest BCUT2D eigenvalue weighted by atomic mass is 32.2. The van der Waals surface area contributed by atoms with Gasteiger partial charge >= 0.3 is 0 Å².